The van der Waals surface area contributed by atoms with Gasteiger partial charge < -0.3 is 40.3 Å². The molecule has 1 fully saturated rings. The van der Waals surface area contributed by atoms with Crippen LogP contribution < -0.4 is 5.32 Å². The van der Waals surface area contributed by atoms with Crippen molar-refractivity contribution >= 4 is 16.3 Å². The zero-order chi connectivity index (χ0) is 39.3. The first-order valence-corrected chi connectivity index (χ1v) is 22.4. The number of hydrogen-bond donors (Lipinski definition) is 7. The molecule has 0 spiro atoms. The van der Waals surface area contributed by atoms with Crippen molar-refractivity contribution < 1.29 is 57.0 Å². The first kappa shape index (κ1) is 50.1. The van der Waals surface area contributed by atoms with Crippen LogP contribution >= 0.6 is 0 Å². The molecular weight excluding hydrogens is 706 g/mol. The molecule has 13 nitrogen and oxygen atoms in total. The summed E-state index contributed by atoms with van der Waals surface area (Å²) in [4.78, 5) is 13.0. The molecular formula is C39H77NO12S. The number of unbranched alkanes of at least 4 members (excludes halogenated alkanes) is 22. The standard InChI is InChI=1S/C39H77NO12S/c1-3-5-7-9-11-13-14-15-16-17-18-20-21-23-25-27-32(42)31(40-38(46)33(43)28-26-24-22-19-12-10-8-6-4-2)30-50-39-36(45)37(52-53(47,48)49)35(44)34(29-41)51-39/h31-37,39,41-45H,3-30H2,1-2H3,(H,40,46)(H,47,48,49). The van der Waals surface area contributed by atoms with E-state index in [2.05, 4.69) is 23.3 Å². The molecule has 1 aliphatic rings. The van der Waals surface area contributed by atoms with E-state index < -0.39 is 78.5 Å². The Bertz CT molecular complexity index is 990. The van der Waals surface area contributed by atoms with Gasteiger partial charge in [0.15, 0.2) is 6.29 Å². The van der Waals surface area contributed by atoms with Gasteiger partial charge in [-0.3, -0.25) is 9.35 Å². The minimum absolute atomic E-state index is 0.263. The topological polar surface area (TPSA) is 212 Å². The van der Waals surface area contributed by atoms with Crippen LogP contribution in [0.3, 0.4) is 0 Å². The SMILES string of the molecule is CCCCCCCCCCCCCCCCCC(O)C(COC1OC(CO)C(O)C(OS(=O)(=O)O)C1O)NC(=O)C(O)CCCCCCCCCCC. The zero-order valence-electron chi connectivity index (χ0n) is 33.0. The Morgan fingerprint density at radius 3 is 1.51 bits per heavy atom. The zero-order valence-corrected chi connectivity index (χ0v) is 33.8. The molecule has 0 aromatic carbocycles. The molecule has 0 aromatic heterocycles. The first-order chi connectivity index (χ1) is 25.4. The van der Waals surface area contributed by atoms with Crippen molar-refractivity contribution in [3.8, 4) is 0 Å². The second-order valence-corrected chi connectivity index (χ2v) is 16.1. The van der Waals surface area contributed by atoms with Crippen LogP contribution in [0.4, 0.5) is 0 Å². The van der Waals surface area contributed by atoms with Gasteiger partial charge in [0.2, 0.25) is 5.91 Å². The summed E-state index contributed by atoms with van der Waals surface area (Å²) in [6, 6.07) is -1.02. The van der Waals surface area contributed by atoms with E-state index in [9.17, 15) is 38.7 Å². The van der Waals surface area contributed by atoms with E-state index in [0.29, 0.717) is 19.3 Å². The average Bonchev–Trinajstić information content (AvgIpc) is 3.12. The van der Waals surface area contributed by atoms with Crippen LogP contribution in [0.1, 0.15) is 181 Å². The highest BCUT2D eigenvalue weighted by Gasteiger charge is 2.48. The molecule has 14 heteroatoms. The van der Waals surface area contributed by atoms with E-state index in [-0.39, 0.29) is 6.42 Å². The number of aliphatic hydroxyl groups excluding tert-OH is 5. The minimum atomic E-state index is -5.10. The Balaban J connectivity index is 2.61. The lowest BCUT2D eigenvalue weighted by molar-refractivity contribution is -0.298. The third kappa shape index (κ3) is 24.3. The van der Waals surface area contributed by atoms with Crippen LogP contribution in [-0.4, -0.2) is 107 Å². The molecule has 1 rings (SSSR count). The largest absolute Gasteiger partial charge is 0.397 e. The summed E-state index contributed by atoms with van der Waals surface area (Å²) in [7, 11) is -5.10. The monoisotopic (exact) mass is 784 g/mol. The van der Waals surface area contributed by atoms with Crippen molar-refractivity contribution in [1.82, 2.24) is 5.32 Å². The lowest BCUT2D eigenvalue weighted by Crippen LogP contribution is -2.61. The average molecular weight is 784 g/mol. The predicted molar refractivity (Wildman–Crippen MR) is 205 cm³/mol. The van der Waals surface area contributed by atoms with Gasteiger partial charge in [0.1, 0.15) is 30.5 Å². The number of ether oxygens (including phenoxy) is 2. The molecule has 0 saturated carbocycles. The van der Waals surface area contributed by atoms with Crippen LogP contribution in [-0.2, 0) is 28.9 Å². The number of nitrogens with one attached hydrogen (secondary N) is 1. The quantitative estimate of drug-likeness (QED) is 0.0291. The maximum Gasteiger partial charge on any atom is 0.397 e. The lowest BCUT2D eigenvalue weighted by atomic mass is 9.99. The molecule has 7 N–H and O–H groups in total. The first-order valence-electron chi connectivity index (χ1n) is 21.0. The Morgan fingerprint density at radius 1 is 0.679 bits per heavy atom. The molecule has 0 aromatic rings. The van der Waals surface area contributed by atoms with Gasteiger partial charge in [0.05, 0.1) is 25.4 Å². The maximum atomic E-state index is 13.0. The molecule has 1 saturated heterocycles. The molecule has 1 amide bonds. The fourth-order valence-electron chi connectivity index (χ4n) is 6.88. The molecule has 1 aliphatic heterocycles. The fraction of sp³-hybridized carbons (Fsp3) is 0.974. The van der Waals surface area contributed by atoms with Crippen molar-refractivity contribution in [3.05, 3.63) is 0 Å². The smallest absolute Gasteiger partial charge is 0.394 e. The van der Waals surface area contributed by atoms with Crippen molar-refractivity contribution in [1.29, 1.82) is 0 Å². The molecule has 1 heterocycles. The summed E-state index contributed by atoms with van der Waals surface area (Å²) in [5.41, 5.74) is 0. The van der Waals surface area contributed by atoms with E-state index in [1.54, 1.807) is 0 Å². The Hall–Kier alpha value is -0.940. The highest BCUT2D eigenvalue weighted by molar-refractivity contribution is 7.80. The van der Waals surface area contributed by atoms with Gasteiger partial charge in [-0.15, -0.1) is 0 Å². The van der Waals surface area contributed by atoms with E-state index in [0.717, 1.165) is 38.5 Å². The maximum absolute atomic E-state index is 13.0. The van der Waals surface area contributed by atoms with Crippen LogP contribution in [0.2, 0.25) is 0 Å². The lowest BCUT2D eigenvalue weighted by Gasteiger charge is -2.41. The van der Waals surface area contributed by atoms with E-state index >= 15 is 0 Å². The summed E-state index contributed by atoms with van der Waals surface area (Å²) in [5, 5.41) is 55.1. The molecule has 0 radical (unpaired) electrons. The van der Waals surface area contributed by atoms with E-state index in [1.165, 1.54) is 103 Å². The van der Waals surface area contributed by atoms with E-state index in [1.807, 2.05) is 0 Å². The van der Waals surface area contributed by atoms with Crippen molar-refractivity contribution in [3.63, 3.8) is 0 Å². The Morgan fingerprint density at radius 2 is 1.09 bits per heavy atom. The van der Waals surface area contributed by atoms with Gasteiger partial charge in [-0.2, -0.15) is 8.42 Å². The number of aliphatic hydroxyl groups is 5. The molecule has 316 valence electrons. The fourth-order valence-corrected chi connectivity index (χ4v) is 7.39. The summed E-state index contributed by atoms with van der Waals surface area (Å²) >= 11 is 0. The van der Waals surface area contributed by atoms with Gasteiger partial charge in [-0.25, -0.2) is 4.18 Å². The van der Waals surface area contributed by atoms with Gasteiger partial charge in [0.25, 0.3) is 0 Å². The third-order valence-corrected chi connectivity index (χ3v) is 10.7. The molecule has 8 atom stereocenters. The van der Waals surface area contributed by atoms with E-state index in [4.69, 9.17) is 14.0 Å². The summed E-state index contributed by atoms with van der Waals surface area (Å²) in [6.07, 6.45) is 17.4. The summed E-state index contributed by atoms with van der Waals surface area (Å²) in [6.45, 7) is 3.23. The Kier molecular flexibility index (Phi) is 29.5. The third-order valence-electron chi connectivity index (χ3n) is 10.3. The van der Waals surface area contributed by atoms with Crippen molar-refractivity contribution in [2.45, 2.75) is 230 Å². The summed E-state index contributed by atoms with van der Waals surface area (Å²) in [5.74, 6) is -0.671. The number of carbonyl (C=O) groups is 1. The van der Waals surface area contributed by atoms with Gasteiger partial charge in [-0.05, 0) is 12.8 Å². The Labute approximate surface area is 320 Å². The minimum Gasteiger partial charge on any atom is -0.394 e. The van der Waals surface area contributed by atoms with Gasteiger partial charge in [-0.1, -0.05) is 168 Å². The van der Waals surface area contributed by atoms with Crippen LogP contribution in [0.25, 0.3) is 0 Å². The molecule has 0 aliphatic carbocycles. The molecule has 8 unspecified atom stereocenters. The van der Waals surface area contributed by atoms with Crippen LogP contribution in [0, 0.1) is 0 Å². The van der Waals surface area contributed by atoms with Crippen molar-refractivity contribution in [2.75, 3.05) is 13.2 Å². The van der Waals surface area contributed by atoms with Crippen LogP contribution in [0.15, 0.2) is 0 Å². The molecule has 0 bridgehead atoms. The van der Waals surface area contributed by atoms with Crippen molar-refractivity contribution in [2.24, 2.45) is 0 Å². The number of carbonyl (C=O) groups excluding carboxylic acids is 1. The highest BCUT2D eigenvalue weighted by Crippen LogP contribution is 2.26. The highest BCUT2D eigenvalue weighted by atomic mass is 32.3. The van der Waals surface area contributed by atoms with Gasteiger partial charge >= 0.3 is 10.4 Å². The normalized spacial score (nSPS) is 22.5. The molecule has 53 heavy (non-hydrogen) atoms. The predicted octanol–water partition coefficient (Wildman–Crippen LogP) is 6.02. The second kappa shape index (κ2) is 31.2. The number of rotatable bonds is 35. The number of hydrogen-bond acceptors (Lipinski definition) is 11. The summed E-state index contributed by atoms with van der Waals surface area (Å²) < 4.78 is 47.4. The van der Waals surface area contributed by atoms with Gasteiger partial charge in [0, 0.05) is 0 Å². The second-order valence-electron chi connectivity index (χ2n) is 15.1. The number of amides is 1. The van der Waals surface area contributed by atoms with Crippen LogP contribution in [0.5, 0.6) is 0 Å².